The van der Waals surface area contributed by atoms with Crippen molar-refractivity contribution in [3.05, 3.63) is 24.3 Å². The Morgan fingerprint density at radius 1 is 1.29 bits per heavy atom. The van der Waals surface area contributed by atoms with Gasteiger partial charge in [-0.3, -0.25) is 0 Å². The third-order valence-electron chi connectivity index (χ3n) is 4.76. The highest BCUT2D eigenvalue weighted by Gasteiger charge is 2.24. The Labute approximate surface area is 143 Å². The fourth-order valence-corrected chi connectivity index (χ4v) is 3.43. The second-order valence-electron chi connectivity index (χ2n) is 6.51. The van der Waals surface area contributed by atoms with Gasteiger partial charge in [-0.05, 0) is 37.8 Å². The van der Waals surface area contributed by atoms with Crippen molar-refractivity contribution in [1.29, 1.82) is 0 Å². The van der Waals surface area contributed by atoms with E-state index >= 15 is 0 Å². The van der Waals surface area contributed by atoms with Crippen molar-refractivity contribution in [2.75, 3.05) is 38.7 Å². The molecule has 6 heteroatoms. The predicted octanol–water partition coefficient (Wildman–Crippen LogP) is 2.46. The number of rotatable bonds is 5. The van der Waals surface area contributed by atoms with Gasteiger partial charge in [0.05, 0.1) is 18.9 Å². The van der Waals surface area contributed by atoms with Crippen molar-refractivity contribution < 1.29 is 14.3 Å². The van der Waals surface area contributed by atoms with Crippen LogP contribution in [0.1, 0.15) is 25.7 Å². The average molecular weight is 333 g/mol. The Hall–Kier alpha value is -1.79. The van der Waals surface area contributed by atoms with Crippen LogP contribution in [0.25, 0.3) is 0 Å². The molecule has 2 N–H and O–H groups in total. The quantitative estimate of drug-likeness (QED) is 0.869. The number of amides is 2. The van der Waals surface area contributed by atoms with Crippen molar-refractivity contribution in [3.8, 4) is 5.75 Å². The maximum atomic E-state index is 12.2. The Morgan fingerprint density at radius 3 is 2.79 bits per heavy atom. The summed E-state index contributed by atoms with van der Waals surface area (Å²) in [4.78, 5) is 14.6. The molecule has 1 aromatic carbocycles. The zero-order valence-corrected chi connectivity index (χ0v) is 14.3. The number of carbonyl (C=O) groups is 1. The number of hydrogen-bond donors (Lipinski definition) is 2. The standard InChI is InChI=1S/C18H27N3O3/c1-23-17-7-3-2-6-16(17)20-18(22)19-14-8-10-21(11-9-14)13-15-5-4-12-24-15/h2-3,6-7,14-15H,4-5,8-13H2,1H3,(H2,19,20,22). The Kier molecular flexibility index (Phi) is 5.93. The maximum Gasteiger partial charge on any atom is 0.319 e. The molecule has 0 bridgehead atoms. The minimum absolute atomic E-state index is 0.169. The van der Waals surface area contributed by atoms with E-state index in [0.29, 0.717) is 17.5 Å². The summed E-state index contributed by atoms with van der Waals surface area (Å²) in [7, 11) is 1.60. The van der Waals surface area contributed by atoms with E-state index in [0.717, 1.165) is 39.1 Å². The van der Waals surface area contributed by atoms with Crippen LogP contribution in [0.15, 0.2) is 24.3 Å². The summed E-state index contributed by atoms with van der Waals surface area (Å²) in [6.07, 6.45) is 4.73. The fourth-order valence-electron chi connectivity index (χ4n) is 3.43. The first-order valence-electron chi connectivity index (χ1n) is 8.79. The first kappa shape index (κ1) is 17.0. The summed E-state index contributed by atoms with van der Waals surface area (Å²) in [5, 5.41) is 5.94. The van der Waals surface area contributed by atoms with Crippen LogP contribution in [0, 0.1) is 0 Å². The summed E-state index contributed by atoms with van der Waals surface area (Å²) in [5.41, 5.74) is 0.688. The summed E-state index contributed by atoms with van der Waals surface area (Å²) in [5.74, 6) is 0.666. The number of carbonyl (C=O) groups excluding carboxylic acids is 1. The molecule has 2 fully saturated rings. The van der Waals surface area contributed by atoms with Crippen LogP contribution in [0.2, 0.25) is 0 Å². The second-order valence-corrected chi connectivity index (χ2v) is 6.51. The number of piperidine rings is 1. The Balaban J connectivity index is 1.41. The van der Waals surface area contributed by atoms with E-state index in [1.54, 1.807) is 7.11 Å². The van der Waals surface area contributed by atoms with E-state index < -0.39 is 0 Å². The van der Waals surface area contributed by atoms with Gasteiger partial charge in [0.2, 0.25) is 0 Å². The number of nitrogens with zero attached hydrogens (tertiary/aromatic N) is 1. The number of urea groups is 1. The molecule has 0 spiro atoms. The Bertz CT molecular complexity index is 538. The monoisotopic (exact) mass is 333 g/mol. The van der Waals surface area contributed by atoms with Gasteiger partial charge in [0, 0.05) is 32.3 Å². The van der Waals surface area contributed by atoms with Gasteiger partial charge in [-0.1, -0.05) is 12.1 Å². The van der Waals surface area contributed by atoms with Gasteiger partial charge in [-0.2, -0.15) is 0 Å². The van der Waals surface area contributed by atoms with Gasteiger partial charge in [-0.25, -0.2) is 4.79 Å². The molecular weight excluding hydrogens is 306 g/mol. The lowest BCUT2D eigenvalue weighted by molar-refractivity contribution is 0.0633. The number of anilines is 1. The van der Waals surface area contributed by atoms with Gasteiger partial charge in [0.25, 0.3) is 0 Å². The van der Waals surface area contributed by atoms with Gasteiger partial charge < -0.3 is 25.0 Å². The van der Waals surface area contributed by atoms with E-state index in [-0.39, 0.29) is 12.1 Å². The van der Waals surface area contributed by atoms with E-state index in [1.807, 2.05) is 24.3 Å². The van der Waals surface area contributed by atoms with Crippen LogP contribution < -0.4 is 15.4 Å². The van der Waals surface area contributed by atoms with E-state index in [9.17, 15) is 4.79 Å². The SMILES string of the molecule is COc1ccccc1NC(=O)NC1CCN(CC2CCCO2)CC1. The topological polar surface area (TPSA) is 62.8 Å². The minimum Gasteiger partial charge on any atom is -0.495 e. The van der Waals surface area contributed by atoms with E-state index in [2.05, 4.69) is 15.5 Å². The minimum atomic E-state index is -0.169. The summed E-state index contributed by atoms with van der Waals surface area (Å²) < 4.78 is 11.0. The zero-order valence-electron chi connectivity index (χ0n) is 14.3. The predicted molar refractivity (Wildman–Crippen MR) is 93.6 cm³/mol. The highest BCUT2D eigenvalue weighted by molar-refractivity contribution is 5.91. The smallest absolute Gasteiger partial charge is 0.319 e. The molecule has 0 aromatic heterocycles. The molecule has 132 valence electrons. The van der Waals surface area contributed by atoms with Crippen molar-refractivity contribution in [2.45, 2.75) is 37.8 Å². The molecule has 6 nitrogen and oxygen atoms in total. The Morgan fingerprint density at radius 2 is 2.08 bits per heavy atom. The molecule has 1 unspecified atom stereocenters. The molecule has 2 aliphatic heterocycles. The number of benzene rings is 1. The lowest BCUT2D eigenvalue weighted by atomic mass is 10.0. The van der Waals surface area contributed by atoms with E-state index in [1.165, 1.54) is 12.8 Å². The zero-order chi connectivity index (χ0) is 16.8. The first-order valence-corrected chi connectivity index (χ1v) is 8.79. The lowest BCUT2D eigenvalue weighted by Crippen LogP contribution is -2.47. The number of para-hydroxylation sites is 2. The van der Waals surface area contributed by atoms with Gasteiger partial charge in [-0.15, -0.1) is 0 Å². The van der Waals surface area contributed by atoms with Crippen LogP contribution in [-0.2, 0) is 4.74 Å². The van der Waals surface area contributed by atoms with E-state index in [4.69, 9.17) is 9.47 Å². The van der Waals surface area contributed by atoms with Gasteiger partial charge in [0.1, 0.15) is 5.75 Å². The lowest BCUT2D eigenvalue weighted by Gasteiger charge is -2.33. The fraction of sp³-hybridized carbons (Fsp3) is 0.611. The molecule has 1 atom stereocenters. The van der Waals surface area contributed by atoms with Crippen molar-refractivity contribution in [1.82, 2.24) is 10.2 Å². The molecule has 3 rings (SSSR count). The van der Waals surface area contributed by atoms with Gasteiger partial charge in [0.15, 0.2) is 0 Å². The number of methoxy groups -OCH3 is 1. The molecule has 2 amide bonds. The van der Waals surface area contributed by atoms with Crippen molar-refractivity contribution in [2.24, 2.45) is 0 Å². The third-order valence-corrected chi connectivity index (χ3v) is 4.76. The largest absolute Gasteiger partial charge is 0.495 e. The van der Waals surface area contributed by atoms with Crippen LogP contribution in [0.5, 0.6) is 5.75 Å². The molecule has 0 aliphatic carbocycles. The highest BCUT2D eigenvalue weighted by atomic mass is 16.5. The number of likely N-dealkylation sites (tertiary alicyclic amines) is 1. The summed E-state index contributed by atoms with van der Waals surface area (Å²) in [6, 6.07) is 7.48. The summed E-state index contributed by atoms with van der Waals surface area (Å²) >= 11 is 0. The summed E-state index contributed by atoms with van der Waals surface area (Å²) in [6.45, 7) is 3.96. The molecule has 0 saturated carbocycles. The second kappa shape index (κ2) is 8.35. The molecule has 1 aromatic rings. The first-order chi connectivity index (χ1) is 11.7. The van der Waals surface area contributed by atoms with Crippen LogP contribution in [0.4, 0.5) is 10.5 Å². The molecule has 2 saturated heterocycles. The van der Waals surface area contributed by atoms with Crippen LogP contribution >= 0.6 is 0 Å². The van der Waals surface area contributed by atoms with Crippen LogP contribution in [-0.4, -0.2) is 56.4 Å². The molecular formula is C18H27N3O3. The number of nitrogens with one attached hydrogen (secondary N) is 2. The molecule has 2 heterocycles. The average Bonchev–Trinajstić information content (AvgIpc) is 3.10. The highest BCUT2D eigenvalue weighted by Crippen LogP contribution is 2.23. The van der Waals surface area contributed by atoms with Crippen molar-refractivity contribution >= 4 is 11.7 Å². The normalized spacial score (nSPS) is 22.3. The maximum absolute atomic E-state index is 12.2. The van der Waals surface area contributed by atoms with Gasteiger partial charge >= 0.3 is 6.03 Å². The van der Waals surface area contributed by atoms with Crippen LogP contribution in [0.3, 0.4) is 0 Å². The molecule has 0 radical (unpaired) electrons. The number of hydrogen-bond acceptors (Lipinski definition) is 4. The molecule has 24 heavy (non-hydrogen) atoms. The molecule has 2 aliphatic rings. The number of ether oxygens (including phenoxy) is 2. The third kappa shape index (κ3) is 4.61. The van der Waals surface area contributed by atoms with Crippen molar-refractivity contribution in [3.63, 3.8) is 0 Å².